The maximum Gasteiger partial charge on any atom is -0.0291 e. The third kappa shape index (κ3) is 8.23. The molecule has 0 aliphatic heterocycles. The third-order valence-electron chi connectivity index (χ3n) is 2.58. The Kier molecular flexibility index (Phi) is 9.26. The fourth-order valence-corrected chi connectivity index (χ4v) is 1.87. The van der Waals surface area contributed by atoms with Gasteiger partial charge >= 0.3 is 0 Å². The zero-order valence-corrected chi connectivity index (χ0v) is 10.5. The van der Waals surface area contributed by atoms with E-state index in [2.05, 4.69) is 33.1 Å². The minimum absolute atomic E-state index is 0.740. The van der Waals surface area contributed by atoms with Crippen LogP contribution < -0.4 is 0 Å². The smallest absolute Gasteiger partial charge is 0.0291 e. The zero-order chi connectivity index (χ0) is 11.5. The Balaban J connectivity index is 3.97. The standard InChI is InChI=1S/C15H26/c1-5-8-9-12-15(11-7-3)13-14(4)10-6-2/h5-6,11,14H,1-2,7-10,12-13H2,3-4H3. The van der Waals surface area contributed by atoms with Crippen LogP contribution in [0.4, 0.5) is 0 Å². The van der Waals surface area contributed by atoms with Crippen molar-refractivity contribution in [3.8, 4) is 0 Å². The predicted molar refractivity (Wildman–Crippen MR) is 71.0 cm³/mol. The van der Waals surface area contributed by atoms with Crippen molar-refractivity contribution in [1.82, 2.24) is 0 Å². The summed E-state index contributed by atoms with van der Waals surface area (Å²) in [7, 11) is 0. The third-order valence-corrected chi connectivity index (χ3v) is 2.58. The van der Waals surface area contributed by atoms with Gasteiger partial charge in [0.1, 0.15) is 0 Å². The van der Waals surface area contributed by atoms with Crippen LogP contribution >= 0.6 is 0 Å². The molecule has 0 saturated carbocycles. The average molecular weight is 206 g/mol. The van der Waals surface area contributed by atoms with Crippen LogP contribution in [0.1, 0.15) is 52.4 Å². The molecule has 0 bridgehead atoms. The molecule has 0 rings (SSSR count). The maximum absolute atomic E-state index is 3.80. The fraction of sp³-hybridized carbons (Fsp3) is 0.600. The van der Waals surface area contributed by atoms with Crippen molar-refractivity contribution in [2.45, 2.75) is 52.4 Å². The molecule has 0 fully saturated rings. The van der Waals surface area contributed by atoms with Gasteiger partial charge in [-0.05, 0) is 44.4 Å². The minimum Gasteiger partial charge on any atom is -0.103 e. The van der Waals surface area contributed by atoms with Crippen LogP contribution in [-0.2, 0) is 0 Å². The average Bonchev–Trinajstić information content (AvgIpc) is 2.18. The van der Waals surface area contributed by atoms with E-state index >= 15 is 0 Å². The van der Waals surface area contributed by atoms with E-state index in [-0.39, 0.29) is 0 Å². The van der Waals surface area contributed by atoms with Gasteiger partial charge in [0, 0.05) is 0 Å². The summed E-state index contributed by atoms with van der Waals surface area (Å²) >= 11 is 0. The van der Waals surface area contributed by atoms with Crippen molar-refractivity contribution >= 4 is 0 Å². The van der Waals surface area contributed by atoms with E-state index in [1.54, 1.807) is 5.57 Å². The highest BCUT2D eigenvalue weighted by atomic mass is 14.1. The summed E-state index contributed by atoms with van der Waals surface area (Å²) in [6, 6.07) is 0. The number of hydrogen-bond acceptors (Lipinski definition) is 0. The van der Waals surface area contributed by atoms with E-state index in [1.165, 1.54) is 19.3 Å². The lowest BCUT2D eigenvalue weighted by Crippen LogP contribution is -1.96. The van der Waals surface area contributed by atoms with Gasteiger partial charge in [0.25, 0.3) is 0 Å². The number of unbranched alkanes of at least 4 members (excludes halogenated alkanes) is 1. The van der Waals surface area contributed by atoms with Gasteiger partial charge in [-0.25, -0.2) is 0 Å². The molecule has 0 spiro atoms. The molecule has 15 heavy (non-hydrogen) atoms. The Morgan fingerprint density at radius 1 is 1.27 bits per heavy atom. The summed E-state index contributed by atoms with van der Waals surface area (Å²) < 4.78 is 0. The molecule has 0 N–H and O–H groups in total. The topological polar surface area (TPSA) is 0 Å². The zero-order valence-electron chi connectivity index (χ0n) is 10.5. The molecule has 0 radical (unpaired) electrons. The molecular weight excluding hydrogens is 180 g/mol. The number of allylic oxidation sites excluding steroid dienone is 4. The first-order valence-corrected chi connectivity index (χ1v) is 6.14. The lowest BCUT2D eigenvalue weighted by Gasteiger charge is -2.12. The van der Waals surface area contributed by atoms with Crippen molar-refractivity contribution in [3.63, 3.8) is 0 Å². The summed E-state index contributed by atoms with van der Waals surface area (Å²) in [5.41, 5.74) is 1.62. The summed E-state index contributed by atoms with van der Waals surface area (Å²) in [6.07, 6.45) is 13.6. The van der Waals surface area contributed by atoms with Crippen LogP contribution in [0.3, 0.4) is 0 Å². The Hall–Kier alpha value is -0.780. The van der Waals surface area contributed by atoms with Gasteiger partial charge in [-0.2, -0.15) is 0 Å². The molecule has 0 aromatic heterocycles. The molecule has 1 unspecified atom stereocenters. The lowest BCUT2D eigenvalue weighted by molar-refractivity contribution is 0.568. The van der Waals surface area contributed by atoms with Crippen molar-refractivity contribution in [2.75, 3.05) is 0 Å². The Morgan fingerprint density at radius 3 is 2.53 bits per heavy atom. The van der Waals surface area contributed by atoms with Crippen LogP contribution in [0.2, 0.25) is 0 Å². The molecule has 0 nitrogen and oxygen atoms in total. The molecule has 0 saturated heterocycles. The summed E-state index contributed by atoms with van der Waals surface area (Å²) in [5.74, 6) is 0.740. The van der Waals surface area contributed by atoms with E-state index in [0.717, 1.165) is 25.2 Å². The molecule has 0 aliphatic rings. The van der Waals surface area contributed by atoms with Crippen LogP contribution in [0.15, 0.2) is 37.0 Å². The van der Waals surface area contributed by atoms with Crippen molar-refractivity contribution in [3.05, 3.63) is 37.0 Å². The Labute approximate surface area is 95.8 Å². The summed E-state index contributed by atoms with van der Waals surface area (Å²) in [4.78, 5) is 0. The van der Waals surface area contributed by atoms with E-state index in [0.29, 0.717) is 0 Å². The molecule has 0 amide bonds. The normalized spacial score (nSPS) is 13.6. The summed E-state index contributed by atoms with van der Waals surface area (Å²) in [5, 5.41) is 0. The Bertz CT molecular complexity index is 198. The number of rotatable bonds is 9. The van der Waals surface area contributed by atoms with Crippen LogP contribution in [0, 0.1) is 5.92 Å². The first-order chi connectivity index (χ1) is 7.24. The van der Waals surface area contributed by atoms with E-state index in [4.69, 9.17) is 0 Å². The van der Waals surface area contributed by atoms with Crippen LogP contribution in [0.5, 0.6) is 0 Å². The lowest BCUT2D eigenvalue weighted by atomic mass is 9.94. The fourth-order valence-electron chi connectivity index (χ4n) is 1.87. The number of hydrogen-bond donors (Lipinski definition) is 0. The highest BCUT2D eigenvalue weighted by Gasteiger charge is 2.03. The quantitative estimate of drug-likeness (QED) is 0.355. The van der Waals surface area contributed by atoms with Gasteiger partial charge in [0.15, 0.2) is 0 Å². The van der Waals surface area contributed by atoms with Gasteiger partial charge in [-0.15, -0.1) is 13.2 Å². The predicted octanol–water partition coefficient (Wildman–Crippen LogP) is 5.28. The molecule has 0 heteroatoms. The first kappa shape index (κ1) is 14.2. The molecular formula is C15H26. The maximum atomic E-state index is 3.80. The molecule has 0 aromatic rings. The van der Waals surface area contributed by atoms with Gasteiger partial charge < -0.3 is 0 Å². The van der Waals surface area contributed by atoms with Gasteiger partial charge in [0.2, 0.25) is 0 Å². The van der Waals surface area contributed by atoms with E-state index in [1.807, 2.05) is 12.2 Å². The minimum atomic E-state index is 0.740. The van der Waals surface area contributed by atoms with Gasteiger partial charge in [0.05, 0.1) is 0 Å². The molecule has 0 heterocycles. The second kappa shape index (κ2) is 9.76. The largest absolute Gasteiger partial charge is 0.103 e. The second-order valence-corrected chi connectivity index (χ2v) is 4.29. The summed E-state index contributed by atoms with van der Waals surface area (Å²) in [6.45, 7) is 12.1. The van der Waals surface area contributed by atoms with E-state index in [9.17, 15) is 0 Å². The van der Waals surface area contributed by atoms with Gasteiger partial charge in [-0.1, -0.05) is 37.6 Å². The van der Waals surface area contributed by atoms with Crippen LogP contribution in [-0.4, -0.2) is 0 Å². The van der Waals surface area contributed by atoms with Gasteiger partial charge in [-0.3, -0.25) is 0 Å². The van der Waals surface area contributed by atoms with Crippen molar-refractivity contribution < 1.29 is 0 Å². The highest BCUT2D eigenvalue weighted by molar-refractivity contribution is 5.03. The molecule has 0 aliphatic carbocycles. The Morgan fingerprint density at radius 2 is 2.00 bits per heavy atom. The first-order valence-electron chi connectivity index (χ1n) is 6.14. The molecule has 0 aromatic carbocycles. The highest BCUT2D eigenvalue weighted by Crippen LogP contribution is 2.20. The SMILES string of the molecule is C=CCCCC(=CCC)CC(C)CC=C. The monoisotopic (exact) mass is 206 g/mol. The molecule has 1 atom stereocenters. The van der Waals surface area contributed by atoms with Crippen LogP contribution in [0.25, 0.3) is 0 Å². The molecule has 86 valence electrons. The van der Waals surface area contributed by atoms with Crippen molar-refractivity contribution in [2.24, 2.45) is 5.92 Å². The second-order valence-electron chi connectivity index (χ2n) is 4.29. The van der Waals surface area contributed by atoms with E-state index < -0.39 is 0 Å². The van der Waals surface area contributed by atoms with Crippen molar-refractivity contribution in [1.29, 1.82) is 0 Å².